The van der Waals surface area contributed by atoms with Gasteiger partial charge in [-0.05, 0) is 29.9 Å². The molecule has 4 rings (SSSR count). The highest BCUT2D eigenvalue weighted by atomic mass is 19.4. The number of aliphatic hydroxyl groups excluding tert-OH is 1. The van der Waals surface area contributed by atoms with Crippen LogP contribution in [0.1, 0.15) is 75.6 Å². The van der Waals surface area contributed by atoms with Crippen LogP contribution in [0.5, 0.6) is 5.88 Å². The van der Waals surface area contributed by atoms with Crippen molar-refractivity contribution in [2.24, 2.45) is 17.3 Å². The second-order valence-electron chi connectivity index (χ2n) is 12.3. The summed E-state index contributed by atoms with van der Waals surface area (Å²) in [4.78, 5) is 32.6. The molecule has 1 amide bonds. The van der Waals surface area contributed by atoms with Crippen LogP contribution in [0.2, 0.25) is 0 Å². The number of carboxylic acid groups (broad SMARTS) is 1. The number of nitrogens with zero attached hydrogens (tertiary/aromatic N) is 2. The highest BCUT2D eigenvalue weighted by molar-refractivity contribution is 5.87. The van der Waals surface area contributed by atoms with E-state index >= 15 is 0 Å². The van der Waals surface area contributed by atoms with Crippen molar-refractivity contribution in [3.8, 4) is 5.88 Å². The van der Waals surface area contributed by atoms with Crippen molar-refractivity contribution in [3.05, 3.63) is 59.3 Å². The predicted molar refractivity (Wildman–Crippen MR) is 149 cm³/mol. The third-order valence-corrected chi connectivity index (χ3v) is 8.38. The van der Waals surface area contributed by atoms with E-state index in [9.17, 15) is 33.0 Å². The van der Waals surface area contributed by atoms with Crippen LogP contribution in [-0.4, -0.2) is 57.3 Å². The first-order valence-electron chi connectivity index (χ1n) is 14.5. The molecule has 0 spiro atoms. The van der Waals surface area contributed by atoms with Crippen LogP contribution in [0.3, 0.4) is 0 Å². The molecule has 2 heterocycles. The lowest BCUT2D eigenvalue weighted by molar-refractivity contribution is -0.154. The SMILES string of the molecule is CC(C)(C)C1C(NCc2cc(C(F)(F)F)cnc2OCCO)C(c2ccccc2)N(C(=O)C2CCCCC2)C1C(=O)O. The summed E-state index contributed by atoms with van der Waals surface area (Å²) in [5, 5.41) is 23.2. The standard InChI is InChI=1S/C31H40F3N3O5/c1-30(2,3)23-24(35-17-21-16-22(31(32,33)34)18-36-27(21)42-15-14-38)25(19-10-6-4-7-11-19)37(26(23)29(40)41)28(39)20-12-8-5-9-13-20/h4,6-7,10-11,16,18,20,23-26,35,38H,5,8-9,12-15,17H2,1-3H3,(H,40,41). The van der Waals surface area contributed by atoms with E-state index in [0.29, 0.717) is 19.0 Å². The average molecular weight is 592 g/mol. The minimum atomic E-state index is -4.64. The zero-order valence-corrected chi connectivity index (χ0v) is 24.2. The summed E-state index contributed by atoms with van der Waals surface area (Å²) in [5.74, 6) is -2.24. The number of hydrogen-bond donors (Lipinski definition) is 3. The fourth-order valence-electron chi connectivity index (χ4n) is 6.57. The molecule has 2 aromatic rings. The molecule has 4 unspecified atom stereocenters. The molecule has 0 bridgehead atoms. The van der Waals surface area contributed by atoms with Crippen LogP contribution in [0.15, 0.2) is 42.6 Å². The van der Waals surface area contributed by atoms with Crippen LogP contribution in [0.4, 0.5) is 13.2 Å². The Morgan fingerprint density at radius 1 is 1.10 bits per heavy atom. The molecule has 1 aliphatic heterocycles. The van der Waals surface area contributed by atoms with E-state index in [1.165, 1.54) is 4.90 Å². The number of alkyl halides is 3. The molecule has 2 fully saturated rings. The number of benzene rings is 1. The monoisotopic (exact) mass is 591 g/mol. The maximum absolute atomic E-state index is 14.2. The van der Waals surface area contributed by atoms with Gasteiger partial charge in [-0.1, -0.05) is 70.4 Å². The van der Waals surface area contributed by atoms with Crippen molar-refractivity contribution >= 4 is 11.9 Å². The van der Waals surface area contributed by atoms with E-state index in [2.05, 4.69) is 10.3 Å². The van der Waals surface area contributed by atoms with E-state index in [1.54, 1.807) is 0 Å². The van der Waals surface area contributed by atoms with Crippen molar-refractivity contribution in [3.63, 3.8) is 0 Å². The van der Waals surface area contributed by atoms with Gasteiger partial charge in [-0.25, -0.2) is 9.78 Å². The van der Waals surface area contributed by atoms with Gasteiger partial charge in [0.2, 0.25) is 11.8 Å². The molecule has 0 radical (unpaired) electrons. The lowest BCUT2D eigenvalue weighted by Gasteiger charge is -2.36. The van der Waals surface area contributed by atoms with E-state index in [-0.39, 0.29) is 43.0 Å². The van der Waals surface area contributed by atoms with Crippen molar-refractivity contribution in [2.75, 3.05) is 13.2 Å². The number of likely N-dealkylation sites (tertiary alicyclic amines) is 1. The molecule has 2 aliphatic rings. The molecule has 1 saturated carbocycles. The maximum atomic E-state index is 14.2. The summed E-state index contributed by atoms with van der Waals surface area (Å²) in [7, 11) is 0. The number of carbonyl (C=O) groups is 2. The summed E-state index contributed by atoms with van der Waals surface area (Å²) < 4.78 is 46.2. The first kappa shape index (κ1) is 31.7. The van der Waals surface area contributed by atoms with Gasteiger partial charge in [0.15, 0.2) is 0 Å². The molecule has 8 nitrogen and oxygen atoms in total. The van der Waals surface area contributed by atoms with Crippen molar-refractivity contribution in [1.82, 2.24) is 15.2 Å². The summed E-state index contributed by atoms with van der Waals surface area (Å²) in [6.07, 6.45) is 0.286. The van der Waals surface area contributed by atoms with Gasteiger partial charge in [0, 0.05) is 36.2 Å². The van der Waals surface area contributed by atoms with Crippen LogP contribution in [0.25, 0.3) is 0 Å². The Bertz CT molecular complexity index is 1230. The van der Waals surface area contributed by atoms with Gasteiger partial charge < -0.3 is 25.2 Å². The smallest absolute Gasteiger partial charge is 0.417 e. The van der Waals surface area contributed by atoms with Gasteiger partial charge in [0.1, 0.15) is 12.6 Å². The summed E-state index contributed by atoms with van der Waals surface area (Å²) in [6.45, 7) is 5.12. The third-order valence-electron chi connectivity index (χ3n) is 8.38. The van der Waals surface area contributed by atoms with Gasteiger partial charge in [-0.3, -0.25) is 4.79 Å². The number of aromatic nitrogens is 1. The number of carbonyl (C=O) groups excluding carboxylic acids is 1. The van der Waals surface area contributed by atoms with E-state index in [1.807, 2.05) is 51.1 Å². The minimum absolute atomic E-state index is 0.0592. The highest BCUT2D eigenvalue weighted by Gasteiger charge is 2.58. The second kappa shape index (κ2) is 13.0. The van der Waals surface area contributed by atoms with Gasteiger partial charge in [-0.15, -0.1) is 0 Å². The first-order chi connectivity index (χ1) is 19.8. The van der Waals surface area contributed by atoms with Gasteiger partial charge in [0.25, 0.3) is 0 Å². The molecule has 11 heteroatoms. The molecule has 1 aliphatic carbocycles. The van der Waals surface area contributed by atoms with E-state index < -0.39 is 47.2 Å². The van der Waals surface area contributed by atoms with Crippen molar-refractivity contribution in [2.45, 2.75) is 83.7 Å². The summed E-state index contributed by atoms with van der Waals surface area (Å²) in [5.41, 5.74) is -0.693. The van der Waals surface area contributed by atoms with E-state index in [0.717, 1.165) is 30.9 Å². The quantitative estimate of drug-likeness (QED) is 0.367. The van der Waals surface area contributed by atoms with Crippen LogP contribution >= 0.6 is 0 Å². The average Bonchev–Trinajstić information content (AvgIpc) is 3.31. The molecule has 3 N–H and O–H groups in total. The van der Waals surface area contributed by atoms with Crippen LogP contribution < -0.4 is 10.1 Å². The number of nitrogens with one attached hydrogen (secondary N) is 1. The topological polar surface area (TPSA) is 112 Å². The largest absolute Gasteiger partial charge is 0.480 e. The Morgan fingerprint density at radius 2 is 1.76 bits per heavy atom. The fraction of sp³-hybridized carbons (Fsp3) is 0.581. The number of ether oxygens (including phenoxy) is 1. The van der Waals surface area contributed by atoms with Crippen molar-refractivity contribution in [1.29, 1.82) is 0 Å². The molecule has 230 valence electrons. The van der Waals surface area contributed by atoms with Gasteiger partial charge in [0.05, 0.1) is 18.2 Å². The van der Waals surface area contributed by atoms with Gasteiger partial charge in [-0.2, -0.15) is 13.2 Å². The molecule has 1 saturated heterocycles. The number of aliphatic carboxylic acids is 1. The zero-order valence-electron chi connectivity index (χ0n) is 24.2. The number of amides is 1. The number of pyridine rings is 1. The third kappa shape index (κ3) is 6.89. The summed E-state index contributed by atoms with van der Waals surface area (Å²) >= 11 is 0. The number of hydrogen-bond acceptors (Lipinski definition) is 6. The molecule has 1 aromatic carbocycles. The first-order valence-corrected chi connectivity index (χ1v) is 14.5. The maximum Gasteiger partial charge on any atom is 0.417 e. The fourth-order valence-corrected chi connectivity index (χ4v) is 6.57. The second-order valence-corrected chi connectivity index (χ2v) is 12.3. The Hall–Kier alpha value is -3.18. The predicted octanol–water partition coefficient (Wildman–Crippen LogP) is 5.21. The Balaban J connectivity index is 1.80. The minimum Gasteiger partial charge on any atom is -0.480 e. The van der Waals surface area contributed by atoms with Crippen LogP contribution in [0, 0.1) is 17.3 Å². The van der Waals surface area contributed by atoms with Crippen molar-refractivity contribution < 1.29 is 37.7 Å². The van der Waals surface area contributed by atoms with Gasteiger partial charge >= 0.3 is 12.1 Å². The molecule has 4 atom stereocenters. The molecule has 1 aromatic heterocycles. The van der Waals surface area contributed by atoms with Crippen LogP contribution in [-0.2, 0) is 22.3 Å². The molecular formula is C31H40F3N3O5. The summed E-state index contributed by atoms with van der Waals surface area (Å²) in [6, 6.07) is 7.70. The number of carboxylic acids is 1. The lowest BCUT2D eigenvalue weighted by Crippen LogP contribution is -2.49. The molecule has 42 heavy (non-hydrogen) atoms. The van der Waals surface area contributed by atoms with E-state index in [4.69, 9.17) is 4.74 Å². The Labute approximate surface area is 244 Å². The lowest BCUT2D eigenvalue weighted by atomic mass is 9.72. The number of aliphatic hydroxyl groups is 1. The number of halogens is 3. The Morgan fingerprint density at radius 3 is 2.33 bits per heavy atom. The molecular weight excluding hydrogens is 551 g/mol. The Kier molecular flexibility index (Phi) is 9.82. The zero-order chi connectivity index (χ0) is 30.7. The highest BCUT2D eigenvalue weighted by Crippen LogP contribution is 2.49. The normalized spacial score (nSPS) is 23.6. The number of rotatable bonds is 9.